The van der Waals surface area contributed by atoms with Crippen LogP contribution in [0.25, 0.3) is 0 Å². The summed E-state index contributed by atoms with van der Waals surface area (Å²) < 4.78 is 0. The molecule has 0 radical (unpaired) electrons. The molecule has 0 aliphatic carbocycles. The van der Waals surface area contributed by atoms with Crippen molar-refractivity contribution in [2.45, 2.75) is 20.0 Å². The summed E-state index contributed by atoms with van der Waals surface area (Å²) in [5, 5.41) is 30.9. The lowest BCUT2D eigenvalue weighted by Crippen LogP contribution is -2.29. The summed E-state index contributed by atoms with van der Waals surface area (Å²) >= 11 is 0. The Bertz CT molecular complexity index is 556. The molecule has 1 fully saturated rings. The van der Waals surface area contributed by atoms with Crippen molar-refractivity contribution in [1.82, 2.24) is 4.90 Å². The quantitative estimate of drug-likeness (QED) is 0.662. The van der Waals surface area contributed by atoms with Gasteiger partial charge in [0.25, 0.3) is 17.3 Å². The number of aliphatic hydroxyl groups excluding tert-OH is 1. The zero-order chi connectivity index (χ0) is 14.9. The second-order valence-electron chi connectivity index (χ2n) is 4.45. The molecule has 1 aromatic rings. The average molecular weight is 297 g/mol. The van der Waals surface area contributed by atoms with Crippen LogP contribution >= 0.6 is 0 Å². The minimum absolute atomic E-state index is 0. The minimum atomic E-state index is -0.789. The summed E-state index contributed by atoms with van der Waals surface area (Å²) in [7, 11) is 0. The summed E-state index contributed by atoms with van der Waals surface area (Å²) in [6.45, 7) is 0.436. The molecular weight excluding hydrogens is 282 g/mol. The number of nitrogens with zero attached hydrogens (tertiary/aromatic N) is 3. The Morgan fingerprint density at radius 3 is 2.10 bits per heavy atom. The number of hydrogen-bond acceptors (Lipinski definition) is 6. The van der Waals surface area contributed by atoms with Crippen molar-refractivity contribution < 1.29 is 19.7 Å². The van der Waals surface area contributed by atoms with Crippen molar-refractivity contribution in [3.63, 3.8) is 0 Å². The van der Waals surface area contributed by atoms with Crippen LogP contribution in [-0.2, 0) is 0 Å². The number of amides is 1. The number of β-amino-alcohol motifs (C(OH)–C–C–N with tert-alkyl or cyclic N) is 1. The zero-order valence-corrected chi connectivity index (χ0v) is 10.3. The molecule has 21 heavy (non-hydrogen) atoms. The summed E-state index contributed by atoms with van der Waals surface area (Å²) in [6.07, 6.45) is -0.212. The molecule has 0 aromatic heterocycles. The summed E-state index contributed by atoms with van der Waals surface area (Å²) in [5.74, 6) is -0.562. The fourth-order valence-corrected chi connectivity index (χ4v) is 2.04. The highest BCUT2D eigenvalue weighted by Gasteiger charge is 2.28. The Balaban J connectivity index is 0.00000220. The van der Waals surface area contributed by atoms with Crippen LogP contribution in [0.5, 0.6) is 0 Å². The lowest BCUT2D eigenvalue weighted by molar-refractivity contribution is -0.394. The Hall–Kier alpha value is -2.55. The molecule has 1 amide bonds. The average Bonchev–Trinajstić information content (AvgIpc) is 2.83. The van der Waals surface area contributed by atoms with Crippen molar-refractivity contribution in [1.29, 1.82) is 0 Å². The van der Waals surface area contributed by atoms with Gasteiger partial charge in [-0.05, 0) is 6.42 Å². The molecule has 114 valence electrons. The van der Waals surface area contributed by atoms with E-state index in [1.54, 1.807) is 0 Å². The van der Waals surface area contributed by atoms with Gasteiger partial charge in [-0.15, -0.1) is 0 Å². The number of likely N-dealkylation sites (tertiary alicyclic amines) is 1. The van der Waals surface area contributed by atoms with Gasteiger partial charge in [-0.3, -0.25) is 25.0 Å². The Kier molecular flexibility index (Phi) is 4.93. The molecule has 1 aliphatic heterocycles. The predicted octanol–water partition coefficient (Wildman–Crippen LogP) is 1.35. The first-order valence-corrected chi connectivity index (χ1v) is 5.79. The lowest BCUT2D eigenvalue weighted by Gasteiger charge is -2.15. The lowest BCUT2D eigenvalue weighted by atomic mass is 10.1. The van der Waals surface area contributed by atoms with Crippen LogP contribution in [0.2, 0.25) is 0 Å². The van der Waals surface area contributed by atoms with Crippen LogP contribution in [0.3, 0.4) is 0 Å². The van der Waals surface area contributed by atoms with E-state index in [0.717, 1.165) is 18.2 Å². The number of hydrogen-bond donors (Lipinski definition) is 1. The number of rotatable bonds is 3. The topological polar surface area (TPSA) is 127 Å². The standard InChI is InChI=1S/C11H11N3O6.CH4/c15-10-1-2-12(6-10)11(16)7-3-8(13(17)18)5-9(4-7)14(19)20;/h3-5,10,15H,1-2,6H2;1H4/t10-;/m1./s1. The fraction of sp³-hybridized carbons (Fsp3) is 0.417. The molecule has 1 aliphatic rings. The number of non-ortho nitro benzene ring substituents is 2. The molecule has 0 unspecified atom stereocenters. The van der Waals surface area contributed by atoms with Crippen LogP contribution in [0.4, 0.5) is 11.4 Å². The van der Waals surface area contributed by atoms with Gasteiger partial charge < -0.3 is 10.0 Å². The molecule has 0 spiro atoms. The number of nitro groups is 2. The predicted molar refractivity (Wildman–Crippen MR) is 73.0 cm³/mol. The van der Waals surface area contributed by atoms with E-state index in [9.17, 15) is 30.1 Å². The normalized spacial score (nSPS) is 17.2. The molecule has 1 heterocycles. The first-order chi connectivity index (χ1) is 9.38. The van der Waals surface area contributed by atoms with Gasteiger partial charge in [-0.1, -0.05) is 7.43 Å². The van der Waals surface area contributed by atoms with Crippen LogP contribution in [-0.4, -0.2) is 45.0 Å². The molecule has 1 atom stereocenters. The molecule has 2 rings (SSSR count). The number of carbonyl (C=O) groups excluding carboxylic acids is 1. The van der Waals surface area contributed by atoms with Gasteiger partial charge in [0.2, 0.25) is 0 Å². The molecule has 1 aromatic carbocycles. The van der Waals surface area contributed by atoms with E-state index in [-0.39, 0.29) is 19.5 Å². The van der Waals surface area contributed by atoms with E-state index < -0.39 is 33.2 Å². The van der Waals surface area contributed by atoms with E-state index in [2.05, 4.69) is 0 Å². The van der Waals surface area contributed by atoms with Crippen LogP contribution in [0, 0.1) is 20.2 Å². The first kappa shape index (κ1) is 16.5. The van der Waals surface area contributed by atoms with Gasteiger partial charge >= 0.3 is 0 Å². The molecule has 1 N–H and O–H groups in total. The third-order valence-corrected chi connectivity index (χ3v) is 3.02. The number of aliphatic hydroxyl groups is 1. The number of carbonyl (C=O) groups is 1. The van der Waals surface area contributed by atoms with Crippen molar-refractivity contribution in [2.24, 2.45) is 0 Å². The molecule has 0 bridgehead atoms. The summed E-state index contributed by atoms with van der Waals surface area (Å²) in [5.41, 5.74) is -1.15. The molecule has 0 saturated carbocycles. The maximum Gasteiger partial charge on any atom is 0.277 e. The maximum atomic E-state index is 12.1. The van der Waals surface area contributed by atoms with E-state index in [1.165, 1.54) is 4.90 Å². The molecule has 1 saturated heterocycles. The van der Waals surface area contributed by atoms with Gasteiger partial charge in [-0.2, -0.15) is 0 Å². The SMILES string of the molecule is C.O=C(c1cc([N+](=O)[O-])cc([N+](=O)[O-])c1)N1CC[C@@H](O)C1. The van der Waals surface area contributed by atoms with Gasteiger partial charge in [0, 0.05) is 25.2 Å². The van der Waals surface area contributed by atoms with Gasteiger partial charge in [0.15, 0.2) is 0 Å². The van der Waals surface area contributed by atoms with E-state index in [4.69, 9.17) is 0 Å². The second-order valence-corrected chi connectivity index (χ2v) is 4.45. The Labute approximate surface area is 120 Å². The third kappa shape index (κ3) is 3.51. The molecule has 9 nitrogen and oxygen atoms in total. The number of nitro benzene ring substituents is 2. The maximum absolute atomic E-state index is 12.1. The highest BCUT2D eigenvalue weighted by atomic mass is 16.6. The van der Waals surface area contributed by atoms with Gasteiger partial charge in [0.1, 0.15) is 0 Å². The van der Waals surface area contributed by atoms with Crippen molar-refractivity contribution >= 4 is 17.3 Å². The summed E-state index contributed by atoms with van der Waals surface area (Å²) in [6, 6.07) is 2.80. The van der Waals surface area contributed by atoms with E-state index in [1.807, 2.05) is 0 Å². The minimum Gasteiger partial charge on any atom is -0.391 e. The first-order valence-electron chi connectivity index (χ1n) is 5.79. The smallest absolute Gasteiger partial charge is 0.277 e. The molecular formula is C12H15N3O6. The van der Waals surface area contributed by atoms with Crippen molar-refractivity contribution in [3.05, 3.63) is 44.0 Å². The van der Waals surface area contributed by atoms with Crippen molar-refractivity contribution in [2.75, 3.05) is 13.1 Å². The van der Waals surface area contributed by atoms with Crippen LogP contribution in [0.1, 0.15) is 24.2 Å². The molecule has 9 heteroatoms. The largest absolute Gasteiger partial charge is 0.391 e. The highest BCUT2D eigenvalue weighted by Crippen LogP contribution is 2.24. The number of benzene rings is 1. The fourth-order valence-electron chi connectivity index (χ4n) is 2.04. The second kappa shape index (κ2) is 6.27. The monoisotopic (exact) mass is 297 g/mol. The van der Waals surface area contributed by atoms with Crippen LogP contribution < -0.4 is 0 Å². The Morgan fingerprint density at radius 1 is 1.19 bits per heavy atom. The van der Waals surface area contributed by atoms with Gasteiger partial charge in [-0.25, -0.2) is 0 Å². The van der Waals surface area contributed by atoms with Crippen molar-refractivity contribution in [3.8, 4) is 0 Å². The van der Waals surface area contributed by atoms with Gasteiger partial charge in [0.05, 0.1) is 27.6 Å². The van der Waals surface area contributed by atoms with E-state index in [0.29, 0.717) is 13.0 Å². The summed E-state index contributed by atoms with van der Waals surface area (Å²) in [4.78, 5) is 33.3. The highest BCUT2D eigenvalue weighted by molar-refractivity contribution is 5.95. The third-order valence-electron chi connectivity index (χ3n) is 3.02. The van der Waals surface area contributed by atoms with Crippen LogP contribution in [0.15, 0.2) is 18.2 Å². The Morgan fingerprint density at radius 2 is 1.71 bits per heavy atom. The van der Waals surface area contributed by atoms with E-state index >= 15 is 0 Å². The zero-order valence-electron chi connectivity index (χ0n) is 10.3.